The zero-order chi connectivity index (χ0) is 10.9. The summed E-state index contributed by atoms with van der Waals surface area (Å²) in [6.07, 6.45) is 20.1. The average molecular weight is 248 g/mol. The van der Waals surface area contributed by atoms with Gasteiger partial charge in [0.1, 0.15) is 0 Å². The summed E-state index contributed by atoms with van der Waals surface area (Å²) in [6.45, 7) is 0. The molecular formula is C13H12O2Ti. The van der Waals surface area contributed by atoms with E-state index < -0.39 is 5.97 Å². The molecule has 1 N–H and O–H groups in total. The van der Waals surface area contributed by atoms with Gasteiger partial charge in [0.15, 0.2) is 0 Å². The molecule has 0 spiro atoms. The first kappa shape index (κ1) is 16.2. The van der Waals surface area contributed by atoms with Gasteiger partial charge in [-0.15, -0.1) is 0 Å². The molecule has 0 atom stereocenters. The van der Waals surface area contributed by atoms with E-state index in [1.807, 2.05) is 32.1 Å². The molecule has 2 saturated carbocycles. The van der Waals surface area contributed by atoms with Crippen molar-refractivity contribution in [2.24, 2.45) is 0 Å². The Hall–Kier alpha value is 0.184. The third kappa shape index (κ3) is 7.46. The molecule has 0 aliphatic heterocycles. The molecule has 0 saturated heterocycles. The second-order valence-electron chi connectivity index (χ2n) is 2.83. The Balaban J connectivity index is 0.000000318. The number of carbonyl (C=O) groups is 1. The first-order chi connectivity index (χ1) is 7.30. The van der Waals surface area contributed by atoms with Crippen LogP contribution in [0.1, 0.15) is 0 Å². The molecular weight excluding hydrogens is 236 g/mol. The minimum Gasteiger partial charge on any atom is -0.481 e. The fraction of sp³-hybridized carbons (Fsp3) is 0. The fourth-order valence-electron chi connectivity index (χ4n) is 0.966. The van der Waals surface area contributed by atoms with Crippen molar-refractivity contribution in [3.63, 3.8) is 0 Å². The quantitative estimate of drug-likeness (QED) is 0.568. The molecule has 2 aliphatic carbocycles. The molecule has 2 nitrogen and oxygen atoms in total. The van der Waals surface area contributed by atoms with Crippen LogP contribution in [0.2, 0.25) is 0 Å². The molecule has 0 aromatic heterocycles. The Bertz CT molecular complexity index is 163. The van der Waals surface area contributed by atoms with Crippen molar-refractivity contribution in [3.05, 3.63) is 76.5 Å². The predicted octanol–water partition coefficient (Wildman–Crippen LogP) is 1.90. The van der Waals surface area contributed by atoms with E-state index in [9.17, 15) is 4.79 Å². The van der Waals surface area contributed by atoms with E-state index in [0.29, 0.717) is 5.92 Å². The first-order valence-electron chi connectivity index (χ1n) is 4.59. The summed E-state index contributed by atoms with van der Waals surface area (Å²) < 4.78 is 0. The zero-order valence-corrected chi connectivity index (χ0v) is 10.3. The van der Waals surface area contributed by atoms with E-state index >= 15 is 0 Å². The van der Waals surface area contributed by atoms with Gasteiger partial charge in [0, 0.05) is 21.7 Å². The van der Waals surface area contributed by atoms with Crippen LogP contribution in [0.25, 0.3) is 0 Å². The summed E-state index contributed by atoms with van der Waals surface area (Å²) in [5.41, 5.74) is 0. The number of carboxylic acid groups (broad SMARTS) is 1. The molecule has 3 heteroatoms. The Labute approximate surface area is 114 Å². The maximum Gasteiger partial charge on any atom is 0.311 e. The molecule has 0 unspecified atom stereocenters. The normalized spacial score (nSPS) is 21.2. The Morgan fingerprint density at radius 1 is 0.750 bits per heavy atom. The second kappa shape index (κ2) is 10.3. The summed E-state index contributed by atoms with van der Waals surface area (Å²) in [6, 6.07) is 0. The van der Waals surface area contributed by atoms with E-state index in [0.717, 1.165) is 0 Å². The van der Waals surface area contributed by atoms with E-state index in [1.165, 1.54) is 0 Å². The summed E-state index contributed by atoms with van der Waals surface area (Å²) >= 11 is 0. The van der Waals surface area contributed by atoms with Gasteiger partial charge >= 0.3 is 5.97 Å². The molecule has 0 heterocycles. The summed E-state index contributed by atoms with van der Waals surface area (Å²) in [5.74, 6) is -0.582. The third-order valence-electron chi connectivity index (χ3n) is 1.69. The van der Waals surface area contributed by atoms with Crippen molar-refractivity contribution >= 4 is 5.97 Å². The van der Waals surface area contributed by atoms with Gasteiger partial charge in [-0.2, -0.15) is 0 Å². The van der Waals surface area contributed by atoms with Crippen LogP contribution in [0.4, 0.5) is 0 Å². The molecule has 2 rings (SSSR count). The zero-order valence-electron chi connectivity index (χ0n) is 8.71. The second-order valence-corrected chi connectivity index (χ2v) is 2.83. The van der Waals surface area contributed by atoms with Gasteiger partial charge in [-0.05, 0) is 70.6 Å². The van der Waals surface area contributed by atoms with E-state index in [-0.39, 0.29) is 21.7 Å². The van der Waals surface area contributed by atoms with Gasteiger partial charge in [0.25, 0.3) is 0 Å². The molecule has 80 valence electrons. The van der Waals surface area contributed by atoms with Gasteiger partial charge in [0.2, 0.25) is 0 Å². The monoisotopic (exact) mass is 248 g/mol. The van der Waals surface area contributed by atoms with Crippen molar-refractivity contribution < 1.29 is 31.6 Å². The largest absolute Gasteiger partial charge is 0.481 e. The third-order valence-corrected chi connectivity index (χ3v) is 1.69. The van der Waals surface area contributed by atoms with Crippen molar-refractivity contribution in [2.45, 2.75) is 0 Å². The SMILES string of the molecule is O=C(O)[C]1[CH][CH][CH][CH][CH][CH]1.[CH]1[CH][CH][CH][CH]1.[Ti]. The molecule has 16 heavy (non-hydrogen) atoms. The Morgan fingerprint density at radius 2 is 1.06 bits per heavy atom. The number of carboxylic acids is 1. The van der Waals surface area contributed by atoms with Crippen molar-refractivity contribution in [3.8, 4) is 0 Å². The Kier molecular flexibility index (Phi) is 10.5. The smallest absolute Gasteiger partial charge is 0.311 e. The van der Waals surface area contributed by atoms with Crippen molar-refractivity contribution in [1.29, 1.82) is 0 Å². The van der Waals surface area contributed by atoms with Crippen LogP contribution >= 0.6 is 0 Å². The summed E-state index contributed by atoms with van der Waals surface area (Å²) in [5, 5.41) is 8.50. The van der Waals surface area contributed by atoms with Crippen LogP contribution in [-0.4, -0.2) is 11.1 Å². The number of hydrogen-bond donors (Lipinski definition) is 1. The minimum absolute atomic E-state index is 0. The summed E-state index contributed by atoms with van der Waals surface area (Å²) in [7, 11) is 0. The van der Waals surface area contributed by atoms with Crippen LogP contribution in [0, 0.1) is 76.5 Å². The maximum absolute atomic E-state index is 10.3. The molecule has 2 fully saturated rings. The van der Waals surface area contributed by atoms with E-state index in [4.69, 9.17) is 5.11 Å². The van der Waals surface area contributed by atoms with Crippen molar-refractivity contribution in [1.82, 2.24) is 0 Å². The molecule has 0 aromatic carbocycles. The van der Waals surface area contributed by atoms with Crippen LogP contribution in [0.3, 0.4) is 0 Å². The number of aliphatic carboxylic acids is 1. The predicted molar refractivity (Wildman–Crippen MR) is 58.2 cm³/mol. The average Bonchev–Trinajstić information content (AvgIpc) is 2.67. The van der Waals surface area contributed by atoms with Crippen LogP contribution in [-0.2, 0) is 26.5 Å². The molecule has 0 bridgehead atoms. The number of rotatable bonds is 1. The van der Waals surface area contributed by atoms with Gasteiger partial charge in [-0.3, -0.25) is 4.79 Å². The Morgan fingerprint density at radius 3 is 1.38 bits per heavy atom. The number of hydrogen-bond acceptors (Lipinski definition) is 1. The van der Waals surface area contributed by atoms with Crippen LogP contribution in [0.15, 0.2) is 0 Å². The molecule has 0 amide bonds. The van der Waals surface area contributed by atoms with Crippen molar-refractivity contribution in [2.75, 3.05) is 0 Å². The molecule has 0 aromatic rings. The first-order valence-corrected chi connectivity index (χ1v) is 4.59. The van der Waals surface area contributed by atoms with E-state index in [2.05, 4.69) is 0 Å². The van der Waals surface area contributed by atoms with Gasteiger partial charge in [-0.1, -0.05) is 0 Å². The maximum atomic E-state index is 10.3. The summed E-state index contributed by atoms with van der Waals surface area (Å²) in [4.78, 5) is 10.3. The van der Waals surface area contributed by atoms with Gasteiger partial charge in [0.05, 0.1) is 5.92 Å². The fourth-order valence-corrected chi connectivity index (χ4v) is 0.966. The topological polar surface area (TPSA) is 37.3 Å². The van der Waals surface area contributed by atoms with Gasteiger partial charge in [-0.25, -0.2) is 0 Å². The molecule has 2 aliphatic rings. The van der Waals surface area contributed by atoms with Crippen LogP contribution < -0.4 is 0 Å². The van der Waals surface area contributed by atoms with Crippen LogP contribution in [0.5, 0.6) is 0 Å². The molecule has 12 radical (unpaired) electrons. The minimum atomic E-state index is -0.892. The standard InChI is InChI=1S/C8H7O2.C5H5.Ti/c9-8(10)7-5-3-1-2-4-6-7;1-2-4-5-3-1;/h1-6H,(H,9,10);1-5H;. The van der Waals surface area contributed by atoms with E-state index in [1.54, 1.807) is 38.5 Å². The van der Waals surface area contributed by atoms with Gasteiger partial charge < -0.3 is 5.11 Å².